The number of nitrogens with zero attached hydrogens (tertiary/aromatic N) is 1. The lowest BCUT2D eigenvalue weighted by Gasteiger charge is -2.12. The van der Waals surface area contributed by atoms with Gasteiger partial charge in [-0.25, -0.2) is 12.8 Å². The smallest absolute Gasteiger partial charge is 0.222 e. The van der Waals surface area contributed by atoms with Gasteiger partial charge in [-0.1, -0.05) is 0 Å². The largest absolute Gasteiger partial charge is 0.361 e. The fourth-order valence-electron chi connectivity index (χ4n) is 3.49. The van der Waals surface area contributed by atoms with Crippen molar-refractivity contribution in [1.29, 1.82) is 0 Å². The Kier molecular flexibility index (Phi) is 7.30. The second-order valence-electron chi connectivity index (χ2n) is 7.36. The quantitative estimate of drug-likeness (QED) is 0.365. The number of H-pyrrole nitrogens is 1. The van der Waals surface area contributed by atoms with Crippen LogP contribution in [-0.2, 0) is 21.1 Å². The highest BCUT2D eigenvalue weighted by molar-refractivity contribution is 7.91. The first-order valence-corrected chi connectivity index (χ1v) is 12.0. The topological polar surface area (TPSA) is 115 Å². The molecule has 30 heavy (non-hydrogen) atoms. The Labute approximate surface area is 175 Å². The Morgan fingerprint density at radius 2 is 2.17 bits per heavy atom. The molecule has 1 saturated heterocycles. The highest BCUT2D eigenvalue weighted by atomic mass is 32.2. The molecule has 1 aliphatic heterocycles. The van der Waals surface area contributed by atoms with Crippen LogP contribution in [0.5, 0.6) is 0 Å². The summed E-state index contributed by atoms with van der Waals surface area (Å²) >= 11 is 0. The van der Waals surface area contributed by atoms with E-state index in [9.17, 15) is 17.6 Å². The van der Waals surface area contributed by atoms with E-state index >= 15 is 0 Å². The second-order valence-corrected chi connectivity index (χ2v) is 9.59. The minimum atomic E-state index is -3.01. The molecule has 8 nitrogen and oxygen atoms in total. The molecule has 0 spiro atoms. The van der Waals surface area contributed by atoms with Crippen molar-refractivity contribution in [2.24, 2.45) is 4.99 Å². The van der Waals surface area contributed by atoms with Gasteiger partial charge in [0.1, 0.15) is 5.82 Å². The predicted octanol–water partition coefficient (Wildman–Crippen LogP) is 1.10. The van der Waals surface area contributed by atoms with Crippen molar-refractivity contribution in [2.45, 2.75) is 32.2 Å². The van der Waals surface area contributed by atoms with Crippen LogP contribution in [0.25, 0.3) is 10.9 Å². The number of sulfone groups is 1. The lowest BCUT2D eigenvalue weighted by molar-refractivity contribution is -0.121. The first-order chi connectivity index (χ1) is 14.4. The van der Waals surface area contributed by atoms with Crippen LogP contribution in [-0.4, -0.2) is 62.5 Å². The number of aromatic nitrogens is 1. The number of fused-ring (bicyclic) bond motifs is 1. The van der Waals surface area contributed by atoms with Gasteiger partial charge >= 0.3 is 0 Å². The van der Waals surface area contributed by atoms with Crippen LogP contribution >= 0.6 is 0 Å². The van der Waals surface area contributed by atoms with E-state index in [4.69, 9.17) is 0 Å². The van der Waals surface area contributed by atoms with Crippen LogP contribution in [0.2, 0.25) is 0 Å². The van der Waals surface area contributed by atoms with Crippen molar-refractivity contribution in [3.63, 3.8) is 0 Å². The number of hydrogen-bond acceptors (Lipinski definition) is 4. The summed E-state index contributed by atoms with van der Waals surface area (Å²) in [4.78, 5) is 19.6. The van der Waals surface area contributed by atoms with Gasteiger partial charge in [-0.15, -0.1) is 0 Å². The van der Waals surface area contributed by atoms with Crippen LogP contribution < -0.4 is 16.0 Å². The molecule has 1 aliphatic rings. The third-order valence-electron chi connectivity index (χ3n) is 4.97. The SMILES string of the molecule is CCNC(=NCCC(=O)NC1CCS(=O)(=O)C1)NCCc1c[nH]c2ccc(F)cc12. The number of rotatable bonds is 8. The monoisotopic (exact) mass is 437 g/mol. The average Bonchev–Trinajstić information content (AvgIpc) is 3.24. The number of carbonyl (C=O) groups excluding carboxylic acids is 1. The number of hydrogen-bond donors (Lipinski definition) is 4. The van der Waals surface area contributed by atoms with Crippen LogP contribution in [0, 0.1) is 5.82 Å². The molecule has 1 fully saturated rings. The van der Waals surface area contributed by atoms with E-state index in [1.807, 2.05) is 13.1 Å². The molecule has 1 unspecified atom stereocenters. The van der Waals surface area contributed by atoms with Gasteiger partial charge in [0.25, 0.3) is 0 Å². The Morgan fingerprint density at radius 3 is 2.90 bits per heavy atom. The number of halogens is 1. The molecular weight excluding hydrogens is 409 g/mol. The van der Waals surface area contributed by atoms with Gasteiger partial charge in [0.15, 0.2) is 15.8 Å². The number of aliphatic imine (C=N–C) groups is 1. The normalized spacial score (nSPS) is 18.5. The van der Waals surface area contributed by atoms with Gasteiger partial charge in [0, 0.05) is 42.7 Å². The van der Waals surface area contributed by atoms with Gasteiger partial charge in [0.2, 0.25) is 5.91 Å². The molecule has 10 heteroatoms. The molecule has 3 rings (SSSR count). The van der Waals surface area contributed by atoms with E-state index in [1.54, 1.807) is 6.07 Å². The minimum absolute atomic E-state index is 0.0178. The van der Waals surface area contributed by atoms with Crippen LogP contribution in [0.4, 0.5) is 4.39 Å². The molecular formula is C20H28FN5O3S. The van der Waals surface area contributed by atoms with Crippen molar-refractivity contribution in [3.8, 4) is 0 Å². The van der Waals surface area contributed by atoms with E-state index in [-0.39, 0.29) is 35.7 Å². The maximum absolute atomic E-state index is 13.5. The molecule has 2 heterocycles. The molecule has 1 amide bonds. The van der Waals surface area contributed by atoms with E-state index < -0.39 is 9.84 Å². The summed E-state index contributed by atoms with van der Waals surface area (Å²) in [5, 5.41) is 9.97. The van der Waals surface area contributed by atoms with E-state index in [0.717, 1.165) is 16.5 Å². The maximum atomic E-state index is 13.5. The first kappa shape index (κ1) is 22.1. The Morgan fingerprint density at radius 1 is 1.33 bits per heavy atom. The van der Waals surface area contributed by atoms with Gasteiger partial charge in [-0.3, -0.25) is 9.79 Å². The molecule has 164 valence electrons. The highest BCUT2D eigenvalue weighted by Crippen LogP contribution is 2.19. The molecule has 1 aromatic carbocycles. The van der Waals surface area contributed by atoms with Gasteiger partial charge in [-0.05, 0) is 43.5 Å². The first-order valence-electron chi connectivity index (χ1n) is 10.1. The summed E-state index contributed by atoms with van der Waals surface area (Å²) in [5.74, 6) is 0.286. The minimum Gasteiger partial charge on any atom is -0.361 e. The number of amides is 1. The van der Waals surface area contributed by atoms with Crippen molar-refractivity contribution in [2.75, 3.05) is 31.1 Å². The average molecular weight is 438 g/mol. The summed E-state index contributed by atoms with van der Waals surface area (Å²) in [6.45, 7) is 3.52. The van der Waals surface area contributed by atoms with E-state index in [0.29, 0.717) is 38.4 Å². The van der Waals surface area contributed by atoms with Gasteiger partial charge < -0.3 is 20.9 Å². The van der Waals surface area contributed by atoms with Crippen LogP contribution in [0.15, 0.2) is 29.4 Å². The fraction of sp³-hybridized carbons (Fsp3) is 0.500. The van der Waals surface area contributed by atoms with Crippen LogP contribution in [0.1, 0.15) is 25.3 Å². The number of aromatic amines is 1. The summed E-state index contributed by atoms with van der Waals surface area (Å²) in [5.41, 5.74) is 1.91. The summed E-state index contributed by atoms with van der Waals surface area (Å²) in [6.07, 6.45) is 3.22. The molecule has 2 aromatic rings. The third kappa shape index (κ3) is 6.19. The van der Waals surface area contributed by atoms with Crippen molar-refractivity contribution in [3.05, 3.63) is 35.8 Å². The summed E-state index contributed by atoms with van der Waals surface area (Å²) < 4.78 is 36.4. The Hall–Kier alpha value is -2.62. The molecule has 0 aliphatic carbocycles. The zero-order valence-electron chi connectivity index (χ0n) is 17.0. The zero-order valence-corrected chi connectivity index (χ0v) is 17.8. The third-order valence-corrected chi connectivity index (χ3v) is 6.73. The molecule has 0 radical (unpaired) electrons. The Balaban J connectivity index is 1.46. The van der Waals surface area contributed by atoms with Crippen molar-refractivity contribution >= 4 is 32.6 Å². The number of benzene rings is 1. The summed E-state index contributed by atoms with van der Waals surface area (Å²) in [7, 11) is -3.01. The number of carbonyl (C=O) groups is 1. The van der Waals surface area contributed by atoms with Gasteiger partial charge in [-0.2, -0.15) is 0 Å². The number of nitrogens with one attached hydrogen (secondary N) is 4. The highest BCUT2D eigenvalue weighted by Gasteiger charge is 2.28. The Bertz CT molecular complexity index is 1020. The van der Waals surface area contributed by atoms with Crippen LogP contribution in [0.3, 0.4) is 0 Å². The molecule has 0 saturated carbocycles. The van der Waals surface area contributed by atoms with E-state index in [1.165, 1.54) is 12.1 Å². The predicted molar refractivity (Wildman–Crippen MR) is 116 cm³/mol. The maximum Gasteiger partial charge on any atom is 0.222 e. The van der Waals surface area contributed by atoms with E-state index in [2.05, 4.69) is 25.9 Å². The molecule has 1 atom stereocenters. The molecule has 4 N–H and O–H groups in total. The fourth-order valence-corrected chi connectivity index (χ4v) is 5.17. The lowest BCUT2D eigenvalue weighted by atomic mass is 10.1. The van der Waals surface area contributed by atoms with Crippen molar-refractivity contribution < 1.29 is 17.6 Å². The standard InChI is InChI=1S/C20H28FN5O3S/c1-2-22-20(24-9-6-19(27)26-16-7-10-30(28,29)13-16)23-8-5-14-12-25-18-4-3-15(21)11-17(14)18/h3-4,11-12,16,25H,2,5-10,13H2,1H3,(H,26,27)(H2,22,23,24). The second kappa shape index (κ2) is 9.92. The van der Waals surface area contributed by atoms with Crippen molar-refractivity contribution in [1.82, 2.24) is 20.9 Å². The molecule has 0 bridgehead atoms. The van der Waals surface area contributed by atoms with Gasteiger partial charge in [0.05, 0.1) is 18.1 Å². The zero-order chi connectivity index (χ0) is 21.6. The lowest BCUT2D eigenvalue weighted by Crippen LogP contribution is -2.39. The summed E-state index contributed by atoms with van der Waals surface area (Å²) in [6, 6.07) is 4.38. The molecule has 1 aromatic heterocycles. The number of guanidine groups is 1.